The second-order valence-corrected chi connectivity index (χ2v) is 6.39. The van der Waals surface area contributed by atoms with Crippen LogP contribution in [0.2, 0.25) is 0 Å². The number of benzene rings is 1. The quantitative estimate of drug-likeness (QED) is 0.783. The normalized spacial score (nSPS) is 13.9. The fraction of sp³-hybridized carbons (Fsp3) is 0.400. The molecular weight excluding hydrogens is 362 g/mol. The van der Waals surface area contributed by atoms with Crippen LogP contribution in [0.5, 0.6) is 11.5 Å². The van der Waals surface area contributed by atoms with Crippen molar-refractivity contribution < 1.29 is 23.5 Å². The number of hydrogen-bond donors (Lipinski definition) is 1. The molecule has 3 rings (SSSR count). The molecule has 150 valence electrons. The van der Waals surface area contributed by atoms with Gasteiger partial charge in [-0.25, -0.2) is 0 Å². The van der Waals surface area contributed by atoms with Gasteiger partial charge >= 0.3 is 0 Å². The van der Waals surface area contributed by atoms with Crippen LogP contribution in [0.1, 0.15) is 17.0 Å². The van der Waals surface area contributed by atoms with Crippen LogP contribution < -0.4 is 14.8 Å². The van der Waals surface area contributed by atoms with E-state index in [0.29, 0.717) is 56.4 Å². The van der Waals surface area contributed by atoms with E-state index in [1.54, 1.807) is 36.2 Å². The first-order chi connectivity index (χ1) is 13.6. The van der Waals surface area contributed by atoms with Gasteiger partial charge in [0.15, 0.2) is 5.76 Å². The van der Waals surface area contributed by atoms with Gasteiger partial charge in [0, 0.05) is 45.2 Å². The number of rotatable bonds is 7. The van der Waals surface area contributed by atoms with E-state index in [-0.39, 0.29) is 11.8 Å². The summed E-state index contributed by atoms with van der Waals surface area (Å²) < 4.78 is 15.7. The Labute approximate surface area is 164 Å². The summed E-state index contributed by atoms with van der Waals surface area (Å²) in [5.74, 6) is 1.66. The predicted molar refractivity (Wildman–Crippen MR) is 104 cm³/mol. The van der Waals surface area contributed by atoms with Crippen LogP contribution >= 0.6 is 0 Å². The van der Waals surface area contributed by atoms with Crippen molar-refractivity contribution >= 4 is 17.5 Å². The third-order valence-electron chi connectivity index (χ3n) is 4.71. The van der Waals surface area contributed by atoms with E-state index >= 15 is 0 Å². The number of amides is 2. The third-order valence-corrected chi connectivity index (χ3v) is 4.71. The fourth-order valence-electron chi connectivity index (χ4n) is 3.13. The molecule has 0 bridgehead atoms. The minimum absolute atomic E-state index is 0.0551. The molecule has 0 atom stereocenters. The van der Waals surface area contributed by atoms with Crippen LogP contribution in [0, 0.1) is 0 Å². The molecule has 1 aromatic carbocycles. The Balaban J connectivity index is 1.46. The molecule has 2 amide bonds. The predicted octanol–water partition coefficient (Wildman–Crippen LogP) is 2.08. The maximum Gasteiger partial charge on any atom is 0.289 e. The van der Waals surface area contributed by atoms with Crippen LogP contribution in [0.25, 0.3) is 0 Å². The van der Waals surface area contributed by atoms with Gasteiger partial charge < -0.3 is 29.0 Å². The molecule has 1 aliphatic heterocycles. The summed E-state index contributed by atoms with van der Waals surface area (Å²) in [5, 5.41) is 3.23. The highest BCUT2D eigenvalue weighted by molar-refractivity contribution is 5.91. The van der Waals surface area contributed by atoms with Gasteiger partial charge in [0.25, 0.3) is 5.91 Å². The summed E-state index contributed by atoms with van der Waals surface area (Å²) >= 11 is 0. The van der Waals surface area contributed by atoms with E-state index in [4.69, 9.17) is 13.9 Å². The van der Waals surface area contributed by atoms with Crippen molar-refractivity contribution in [2.75, 3.05) is 52.3 Å². The van der Waals surface area contributed by atoms with Crippen molar-refractivity contribution in [3.8, 4) is 11.5 Å². The Morgan fingerprint density at radius 3 is 2.46 bits per heavy atom. The van der Waals surface area contributed by atoms with Gasteiger partial charge in [-0.15, -0.1) is 0 Å². The minimum Gasteiger partial charge on any atom is -0.497 e. The summed E-state index contributed by atoms with van der Waals surface area (Å²) in [7, 11) is 3.20. The molecule has 1 aromatic heterocycles. The van der Waals surface area contributed by atoms with Gasteiger partial charge in [0.1, 0.15) is 11.5 Å². The number of methoxy groups -OCH3 is 2. The largest absolute Gasteiger partial charge is 0.497 e. The maximum atomic E-state index is 12.5. The van der Waals surface area contributed by atoms with Gasteiger partial charge in [-0.1, -0.05) is 0 Å². The van der Waals surface area contributed by atoms with Crippen molar-refractivity contribution in [1.82, 2.24) is 9.80 Å². The van der Waals surface area contributed by atoms with Crippen LogP contribution in [0.3, 0.4) is 0 Å². The van der Waals surface area contributed by atoms with E-state index in [9.17, 15) is 9.59 Å². The Morgan fingerprint density at radius 2 is 1.82 bits per heavy atom. The molecule has 28 heavy (non-hydrogen) atoms. The molecule has 1 saturated heterocycles. The van der Waals surface area contributed by atoms with E-state index in [1.165, 1.54) is 6.26 Å². The number of furan rings is 1. The molecule has 0 radical (unpaired) electrons. The Morgan fingerprint density at radius 1 is 1.07 bits per heavy atom. The average molecular weight is 387 g/mol. The lowest BCUT2D eigenvalue weighted by atomic mass is 10.2. The van der Waals surface area contributed by atoms with Crippen molar-refractivity contribution in [3.63, 3.8) is 0 Å². The van der Waals surface area contributed by atoms with E-state index in [1.807, 2.05) is 18.2 Å². The first kappa shape index (κ1) is 19.6. The summed E-state index contributed by atoms with van der Waals surface area (Å²) in [6.45, 7) is 2.53. The zero-order valence-corrected chi connectivity index (χ0v) is 16.1. The number of carbonyl (C=O) groups is 2. The lowest BCUT2D eigenvalue weighted by molar-refractivity contribution is -0.132. The second-order valence-electron chi connectivity index (χ2n) is 6.39. The lowest BCUT2D eigenvalue weighted by Crippen LogP contribution is -2.50. The Hall–Kier alpha value is -3.16. The molecule has 8 nitrogen and oxygen atoms in total. The average Bonchev–Trinajstić information content (AvgIpc) is 3.28. The molecule has 0 spiro atoms. The van der Waals surface area contributed by atoms with E-state index in [2.05, 4.69) is 5.32 Å². The van der Waals surface area contributed by atoms with Gasteiger partial charge in [0.2, 0.25) is 5.91 Å². The number of anilines is 1. The van der Waals surface area contributed by atoms with Gasteiger partial charge in [0.05, 0.1) is 26.2 Å². The minimum atomic E-state index is -0.135. The van der Waals surface area contributed by atoms with Crippen LogP contribution in [-0.4, -0.2) is 68.6 Å². The molecular formula is C20H25N3O5. The summed E-state index contributed by atoms with van der Waals surface area (Å²) in [6, 6.07) is 8.81. The molecule has 2 heterocycles. The highest BCUT2D eigenvalue weighted by atomic mass is 16.5. The number of piperazine rings is 1. The zero-order chi connectivity index (χ0) is 19.9. The molecule has 1 N–H and O–H groups in total. The molecule has 2 aromatic rings. The van der Waals surface area contributed by atoms with E-state index < -0.39 is 0 Å². The van der Waals surface area contributed by atoms with Crippen molar-refractivity contribution in [1.29, 1.82) is 0 Å². The molecule has 1 aliphatic rings. The van der Waals surface area contributed by atoms with Gasteiger partial charge in [-0.05, 0) is 24.3 Å². The standard InChI is InChI=1S/C20H25N3O5/c1-26-15-5-6-17(27-2)16(14-15)21-8-7-19(24)22-9-11-23(12-10-22)20(25)18-4-3-13-28-18/h3-6,13-14,21H,7-12H2,1-2H3. The highest BCUT2D eigenvalue weighted by Gasteiger charge is 2.25. The topological polar surface area (TPSA) is 84.3 Å². The smallest absolute Gasteiger partial charge is 0.289 e. The first-order valence-corrected chi connectivity index (χ1v) is 9.19. The highest BCUT2D eigenvalue weighted by Crippen LogP contribution is 2.28. The molecule has 8 heteroatoms. The number of ether oxygens (including phenoxy) is 2. The van der Waals surface area contributed by atoms with Crippen molar-refractivity contribution in [3.05, 3.63) is 42.4 Å². The van der Waals surface area contributed by atoms with Gasteiger partial charge in [-0.3, -0.25) is 9.59 Å². The number of nitrogens with one attached hydrogen (secondary N) is 1. The second kappa shape index (κ2) is 9.16. The monoisotopic (exact) mass is 387 g/mol. The number of carbonyl (C=O) groups excluding carboxylic acids is 2. The maximum absolute atomic E-state index is 12.5. The first-order valence-electron chi connectivity index (χ1n) is 9.19. The molecule has 0 unspecified atom stereocenters. The molecule has 1 fully saturated rings. The van der Waals surface area contributed by atoms with Crippen LogP contribution in [-0.2, 0) is 4.79 Å². The SMILES string of the molecule is COc1ccc(OC)c(NCCC(=O)N2CCN(C(=O)c3ccco3)CC2)c1. The summed E-state index contributed by atoms with van der Waals surface area (Å²) in [6.07, 6.45) is 1.84. The number of nitrogens with zero attached hydrogens (tertiary/aromatic N) is 2. The molecule has 0 saturated carbocycles. The van der Waals surface area contributed by atoms with Crippen molar-refractivity contribution in [2.45, 2.75) is 6.42 Å². The third kappa shape index (κ3) is 4.57. The fourth-order valence-corrected chi connectivity index (χ4v) is 3.13. The summed E-state index contributed by atoms with van der Waals surface area (Å²) in [4.78, 5) is 28.3. The van der Waals surface area contributed by atoms with Crippen molar-refractivity contribution in [2.24, 2.45) is 0 Å². The van der Waals surface area contributed by atoms with Gasteiger partial charge in [-0.2, -0.15) is 0 Å². The van der Waals surface area contributed by atoms with E-state index in [0.717, 1.165) is 5.69 Å². The molecule has 0 aliphatic carbocycles. The number of hydrogen-bond acceptors (Lipinski definition) is 6. The zero-order valence-electron chi connectivity index (χ0n) is 16.1. The lowest BCUT2D eigenvalue weighted by Gasteiger charge is -2.34. The van der Waals surface area contributed by atoms with Crippen LogP contribution in [0.4, 0.5) is 5.69 Å². The van der Waals surface area contributed by atoms with Crippen LogP contribution in [0.15, 0.2) is 41.0 Å². The Bertz CT molecular complexity index is 798. The Kier molecular flexibility index (Phi) is 6.41. The summed E-state index contributed by atoms with van der Waals surface area (Å²) in [5.41, 5.74) is 0.781.